The van der Waals surface area contributed by atoms with Crippen LogP contribution in [0, 0.1) is 0 Å². The molecule has 2 aromatic rings. The molecule has 2 unspecified atom stereocenters. The highest BCUT2D eigenvalue weighted by Gasteiger charge is 2.40. The van der Waals surface area contributed by atoms with Crippen LogP contribution in [0.2, 0.25) is 0 Å². The summed E-state index contributed by atoms with van der Waals surface area (Å²) in [7, 11) is 1.57. The number of aliphatic imine (C=N–C) groups is 2. The zero-order chi connectivity index (χ0) is 21.3. The van der Waals surface area contributed by atoms with Crippen molar-refractivity contribution in [3.8, 4) is 5.75 Å². The van der Waals surface area contributed by atoms with Crippen LogP contribution < -0.4 is 10.1 Å². The van der Waals surface area contributed by atoms with E-state index in [4.69, 9.17) is 9.73 Å². The Morgan fingerprint density at radius 2 is 1.93 bits per heavy atom. The maximum Gasteiger partial charge on any atom is 0.270 e. The van der Waals surface area contributed by atoms with E-state index in [2.05, 4.69) is 10.3 Å². The van der Waals surface area contributed by atoms with E-state index in [1.165, 1.54) is 11.8 Å². The Morgan fingerprint density at radius 3 is 2.70 bits per heavy atom. The molecule has 30 heavy (non-hydrogen) atoms. The van der Waals surface area contributed by atoms with Crippen LogP contribution in [0.3, 0.4) is 0 Å². The first-order valence-electron chi connectivity index (χ1n) is 9.74. The van der Waals surface area contributed by atoms with Crippen LogP contribution >= 0.6 is 11.8 Å². The molecule has 2 heterocycles. The third-order valence-electron chi connectivity index (χ3n) is 5.03. The van der Waals surface area contributed by atoms with Crippen molar-refractivity contribution in [2.24, 2.45) is 9.98 Å². The Labute approximate surface area is 179 Å². The SMILES string of the molecule is CCC(SC1=Nc2ccccc2C2=NC(=O)C(C)N12)C(=O)Nc1ccccc1OC. The minimum Gasteiger partial charge on any atom is -0.495 e. The fourth-order valence-electron chi connectivity index (χ4n) is 3.40. The largest absolute Gasteiger partial charge is 0.495 e. The summed E-state index contributed by atoms with van der Waals surface area (Å²) >= 11 is 1.34. The van der Waals surface area contributed by atoms with E-state index in [1.807, 2.05) is 48.2 Å². The number of thioether (sulfide) groups is 1. The van der Waals surface area contributed by atoms with Gasteiger partial charge in [0.15, 0.2) is 5.17 Å². The van der Waals surface area contributed by atoms with E-state index in [0.29, 0.717) is 28.9 Å². The molecule has 0 fully saturated rings. The molecule has 0 spiro atoms. The van der Waals surface area contributed by atoms with Gasteiger partial charge in [0.25, 0.3) is 5.91 Å². The van der Waals surface area contributed by atoms with Gasteiger partial charge in [-0.25, -0.2) is 4.99 Å². The van der Waals surface area contributed by atoms with Crippen LogP contribution in [0.1, 0.15) is 25.8 Å². The molecule has 2 aliphatic heterocycles. The summed E-state index contributed by atoms with van der Waals surface area (Å²) in [6.45, 7) is 3.75. The summed E-state index contributed by atoms with van der Waals surface area (Å²) in [4.78, 5) is 36.1. The first-order chi connectivity index (χ1) is 14.5. The quantitative estimate of drug-likeness (QED) is 0.792. The molecule has 0 aromatic heterocycles. The highest BCUT2D eigenvalue weighted by atomic mass is 32.2. The molecule has 0 aliphatic carbocycles. The summed E-state index contributed by atoms with van der Waals surface area (Å²) in [6, 6.07) is 14.4. The minimum atomic E-state index is -0.450. The molecular formula is C22H22N4O3S. The van der Waals surface area contributed by atoms with E-state index in [-0.39, 0.29) is 11.8 Å². The zero-order valence-corrected chi connectivity index (χ0v) is 17.8. The lowest BCUT2D eigenvalue weighted by molar-refractivity contribution is -0.119. The number of carbonyl (C=O) groups is 2. The second kappa shape index (κ2) is 8.31. The molecule has 0 saturated carbocycles. The molecule has 0 saturated heterocycles. The second-order valence-corrected chi connectivity index (χ2v) is 8.11. The van der Waals surface area contributed by atoms with Gasteiger partial charge < -0.3 is 10.1 Å². The van der Waals surface area contributed by atoms with Crippen LogP contribution in [0.15, 0.2) is 58.5 Å². The third kappa shape index (κ3) is 3.59. The van der Waals surface area contributed by atoms with E-state index < -0.39 is 11.3 Å². The number of hydrogen-bond acceptors (Lipinski definition) is 6. The fourth-order valence-corrected chi connectivity index (χ4v) is 4.50. The standard InChI is InChI=1S/C22H22N4O3S/c1-4-18(21(28)23-16-11-7-8-12-17(16)29-3)30-22-24-15-10-6-5-9-14(15)19-25-20(27)13(2)26(19)22/h5-13,18H,4H2,1-3H3,(H,23,28). The molecule has 0 bridgehead atoms. The normalized spacial score (nSPS) is 18.2. The summed E-state index contributed by atoms with van der Waals surface area (Å²) in [5.41, 5.74) is 2.19. The van der Waals surface area contributed by atoms with Crippen LogP contribution in [-0.2, 0) is 9.59 Å². The summed E-state index contributed by atoms with van der Waals surface area (Å²) in [6.07, 6.45) is 0.592. The predicted molar refractivity (Wildman–Crippen MR) is 120 cm³/mol. The average molecular weight is 423 g/mol. The highest BCUT2D eigenvalue weighted by molar-refractivity contribution is 8.15. The number of rotatable bonds is 5. The van der Waals surface area contributed by atoms with Gasteiger partial charge in [0, 0.05) is 5.56 Å². The van der Waals surface area contributed by atoms with Crippen LogP contribution in [0.4, 0.5) is 11.4 Å². The predicted octanol–water partition coefficient (Wildman–Crippen LogP) is 3.82. The molecule has 8 heteroatoms. The average Bonchev–Trinajstić information content (AvgIpc) is 3.07. The molecule has 154 valence electrons. The number of benzene rings is 2. The van der Waals surface area contributed by atoms with Gasteiger partial charge in [0.05, 0.1) is 23.7 Å². The Hall–Kier alpha value is -3.13. The van der Waals surface area contributed by atoms with Crippen LogP contribution in [0.5, 0.6) is 5.75 Å². The molecule has 2 atom stereocenters. The number of nitrogens with one attached hydrogen (secondary N) is 1. The number of hydrogen-bond donors (Lipinski definition) is 1. The van der Waals surface area contributed by atoms with Gasteiger partial charge in [0.1, 0.15) is 17.6 Å². The Balaban J connectivity index is 1.61. The maximum absolute atomic E-state index is 13.0. The van der Waals surface area contributed by atoms with Crippen molar-refractivity contribution in [2.45, 2.75) is 31.6 Å². The summed E-state index contributed by atoms with van der Waals surface area (Å²) in [5, 5.41) is 3.15. The van der Waals surface area contributed by atoms with Crippen LogP contribution in [0.25, 0.3) is 0 Å². The molecule has 7 nitrogen and oxygen atoms in total. The molecule has 0 radical (unpaired) electrons. The molecule has 4 rings (SSSR count). The van der Waals surface area contributed by atoms with Gasteiger partial charge in [-0.1, -0.05) is 43.0 Å². The number of ether oxygens (including phenoxy) is 1. The van der Waals surface area contributed by atoms with Crippen molar-refractivity contribution in [3.63, 3.8) is 0 Å². The highest BCUT2D eigenvalue weighted by Crippen LogP contribution is 2.36. The smallest absolute Gasteiger partial charge is 0.270 e. The monoisotopic (exact) mass is 422 g/mol. The minimum absolute atomic E-state index is 0.148. The number of fused-ring (bicyclic) bond motifs is 3. The first kappa shape index (κ1) is 20.2. The lowest BCUT2D eigenvalue weighted by Gasteiger charge is -2.30. The van der Waals surface area contributed by atoms with Crippen molar-refractivity contribution in [1.29, 1.82) is 0 Å². The number of amides is 2. The fraction of sp³-hybridized carbons (Fsp3) is 0.273. The zero-order valence-electron chi connectivity index (χ0n) is 17.0. The van der Waals surface area contributed by atoms with Crippen molar-refractivity contribution >= 4 is 46.0 Å². The van der Waals surface area contributed by atoms with Gasteiger partial charge >= 0.3 is 0 Å². The van der Waals surface area contributed by atoms with Gasteiger partial charge in [-0.3, -0.25) is 14.5 Å². The Morgan fingerprint density at radius 1 is 1.20 bits per heavy atom. The van der Waals surface area contributed by atoms with Gasteiger partial charge in [-0.05, 0) is 37.6 Å². The molecule has 2 aliphatic rings. The van der Waals surface area contributed by atoms with Crippen molar-refractivity contribution in [1.82, 2.24) is 4.90 Å². The van der Waals surface area contributed by atoms with Gasteiger partial charge in [-0.15, -0.1) is 0 Å². The molecule has 2 amide bonds. The number of amidine groups is 2. The number of carbonyl (C=O) groups excluding carboxylic acids is 2. The number of methoxy groups -OCH3 is 1. The first-order valence-corrected chi connectivity index (χ1v) is 10.6. The lowest BCUT2D eigenvalue weighted by Crippen LogP contribution is -2.43. The van der Waals surface area contributed by atoms with Gasteiger partial charge in [-0.2, -0.15) is 4.99 Å². The van der Waals surface area contributed by atoms with Crippen molar-refractivity contribution in [3.05, 3.63) is 54.1 Å². The van der Waals surface area contributed by atoms with E-state index >= 15 is 0 Å². The summed E-state index contributed by atoms with van der Waals surface area (Å²) in [5.74, 6) is 0.843. The van der Waals surface area contributed by atoms with Crippen molar-refractivity contribution < 1.29 is 14.3 Å². The van der Waals surface area contributed by atoms with E-state index in [9.17, 15) is 9.59 Å². The molecule has 2 aromatic carbocycles. The Kier molecular flexibility index (Phi) is 5.59. The lowest BCUT2D eigenvalue weighted by atomic mass is 10.1. The Bertz CT molecular complexity index is 1070. The van der Waals surface area contributed by atoms with E-state index in [0.717, 1.165) is 11.3 Å². The second-order valence-electron chi connectivity index (χ2n) is 6.94. The number of anilines is 1. The molecular weight excluding hydrogens is 400 g/mol. The van der Waals surface area contributed by atoms with E-state index in [1.54, 1.807) is 26.2 Å². The number of nitrogens with zero attached hydrogens (tertiary/aromatic N) is 3. The third-order valence-corrected chi connectivity index (χ3v) is 6.36. The maximum atomic E-state index is 13.0. The topological polar surface area (TPSA) is 83.4 Å². The molecule has 1 N–H and O–H groups in total. The number of para-hydroxylation sites is 3. The summed E-state index contributed by atoms with van der Waals surface area (Å²) < 4.78 is 5.32. The van der Waals surface area contributed by atoms with Crippen LogP contribution in [-0.4, -0.2) is 46.1 Å². The van der Waals surface area contributed by atoms with Gasteiger partial charge in [0.2, 0.25) is 5.91 Å². The van der Waals surface area contributed by atoms with Crippen molar-refractivity contribution in [2.75, 3.05) is 12.4 Å².